The van der Waals surface area contributed by atoms with Crippen LogP contribution in [-0.2, 0) is 17.8 Å². The highest BCUT2D eigenvalue weighted by Gasteiger charge is 2.18. The molecule has 1 unspecified atom stereocenters. The first-order chi connectivity index (χ1) is 10.3. The van der Waals surface area contributed by atoms with E-state index >= 15 is 0 Å². The minimum atomic E-state index is 0.425. The Hall–Kier alpha value is -0.980. The van der Waals surface area contributed by atoms with Gasteiger partial charge in [0.25, 0.3) is 0 Å². The smallest absolute Gasteiger partial charge is 0.0964 e. The van der Waals surface area contributed by atoms with E-state index in [1.807, 2.05) is 10.9 Å². The van der Waals surface area contributed by atoms with Crippen LogP contribution < -0.4 is 5.32 Å². The molecule has 0 spiro atoms. The Labute approximate surface area is 127 Å². The number of nitrogens with zero attached hydrogens (tertiary/aromatic N) is 4. The molecule has 1 aliphatic rings. The highest BCUT2D eigenvalue weighted by Crippen LogP contribution is 2.13. The van der Waals surface area contributed by atoms with Crippen molar-refractivity contribution in [2.75, 3.05) is 32.8 Å². The number of rotatable bonds is 10. The van der Waals surface area contributed by atoms with Crippen LogP contribution in [0, 0.1) is 0 Å². The van der Waals surface area contributed by atoms with Crippen LogP contribution in [0.3, 0.4) is 0 Å². The van der Waals surface area contributed by atoms with Gasteiger partial charge in [-0.05, 0) is 32.4 Å². The number of likely N-dealkylation sites (N-methyl/N-ethyl adjacent to an activating group) is 1. The largest absolute Gasteiger partial charge is 0.377 e. The third-order valence-electron chi connectivity index (χ3n) is 3.90. The molecule has 1 aromatic rings. The Morgan fingerprint density at radius 1 is 1.48 bits per heavy atom. The molecule has 120 valence electrons. The van der Waals surface area contributed by atoms with Crippen molar-refractivity contribution in [1.82, 2.24) is 25.2 Å². The fourth-order valence-electron chi connectivity index (χ4n) is 2.62. The first-order valence-electron chi connectivity index (χ1n) is 8.25. The lowest BCUT2D eigenvalue weighted by Crippen LogP contribution is -2.34. The Morgan fingerprint density at radius 3 is 3.10 bits per heavy atom. The van der Waals surface area contributed by atoms with Gasteiger partial charge in [0.15, 0.2) is 0 Å². The summed E-state index contributed by atoms with van der Waals surface area (Å²) in [4.78, 5) is 2.44. The van der Waals surface area contributed by atoms with Gasteiger partial charge < -0.3 is 10.1 Å². The summed E-state index contributed by atoms with van der Waals surface area (Å²) < 4.78 is 7.66. The second kappa shape index (κ2) is 9.12. The summed E-state index contributed by atoms with van der Waals surface area (Å²) in [5, 5.41) is 11.8. The molecule has 2 heterocycles. The van der Waals surface area contributed by atoms with Crippen LogP contribution in [0.4, 0.5) is 0 Å². The quantitative estimate of drug-likeness (QED) is 0.659. The summed E-state index contributed by atoms with van der Waals surface area (Å²) in [7, 11) is 0. The SMILES string of the molecule is CCCNCc1cn(CCN(CC)CC2CCCO2)nn1. The summed E-state index contributed by atoms with van der Waals surface area (Å²) in [5.41, 5.74) is 1.02. The van der Waals surface area contributed by atoms with Crippen LogP contribution in [-0.4, -0.2) is 58.8 Å². The number of ether oxygens (including phenoxy) is 1. The monoisotopic (exact) mass is 295 g/mol. The van der Waals surface area contributed by atoms with Crippen molar-refractivity contribution in [2.45, 2.75) is 52.3 Å². The number of nitrogens with one attached hydrogen (secondary N) is 1. The second-order valence-electron chi connectivity index (χ2n) is 5.68. The van der Waals surface area contributed by atoms with Crippen molar-refractivity contribution >= 4 is 0 Å². The molecule has 6 heteroatoms. The van der Waals surface area contributed by atoms with E-state index in [1.54, 1.807) is 0 Å². The predicted octanol–water partition coefficient (Wildman–Crippen LogP) is 1.28. The van der Waals surface area contributed by atoms with Gasteiger partial charge in [0.1, 0.15) is 0 Å². The van der Waals surface area contributed by atoms with Crippen molar-refractivity contribution in [3.05, 3.63) is 11.9 Å². The van der Waals surface area contributed by atoms with Gasteiger partial charge in [0.2, 0.25) is 0 Å². The van der Waals surface area contributed by atoms with Crippen molar-refractivity contribution in [1.29, 1.82) is 0 Å². The molecule has 1 aliphatic heterocycles. The van der Waals surface area contributed by atoms with Crippen LogP contribution >= 0.6 is 0 Å². The van der Waals surface area contributed by atoms with Crippen LogP contribution in [0.25, 0.3) is 0 Å². The van der Waals surface area contributed by atoms with E-state index in [9.17, 15) is 0 Å². The molecule has 1 fully saturated rings. The molecule has 2 rings (SSSR count). The molecule has 0 saturated carbocycles. The summed E-state index contributed by atoms with van der Waals surface area (Å²) in [5.74, 6) is 0. The molecule has 1 atom stereocenters. The molecule has 1 saturated heterocycles. The lowest BCUT2D eigenvalue weighted by Gasteiger charge is -2.23. The molecule has 0 aliphatic carbocycles. The fourth-order valence-corrected chi connectivity index (χ4v) is 2.62. The maximum Gasteiger partial charge on any atom is 0.0964 e. The lowest BCUT2D eigenvalue weighted by molar-refractivity contribution is 0.0733. The number of hydrogen-bond donors (Lipinski definition) is 1. The Kier molecular flexibility index (Phi) is 7.12. The molecule has 0 aromatic carbocycles. The summed E-state index contributed by atoms with van der Waals surface area (Å²) in [6.45, 7) is 11.1. The van der Waals surface area contributed by atoms with Gasteiger partial charge in [-0.3, -0.25) is 9.58 Å². The van der Waals surface area contributed by atoms with Gasteiger partial charge >= 0.3 is 0 Å². The number of hydrogen-bond acceptors (Lipinski definition) is 5. The maximum absolute atomic E-state index is 5.71. The molecule has 1 N–H and O–H groups in total. The normalized spacial score (nSPS) is 18.7. The van der Waals surface area contributed by atoms with E-state index in [4.69, 9.17) is 4.74 Å². The zero-order chi connectivity index (χ0) is 14.9. The number of aromatic nitrogens is 3. The molecule has 21 heavy (non-hydrogen) atoms. The average Bonchev–Trinajstić information content (AvgIpc) is 3.15. The van der Waals surface area contributed by atoms with Gasteiger partial charge in [-0.1, -0.05) is 19.1 Å². The van der Waals surface area contributed by atoms with E-state index in [0.29, 0.717) is 6.10 Å². The molecule has 6 nitrogen and oxygen atoms in total. The fraction of sp³-hybridized carbons (Fsp3) is 0.867. The van der Waals surface area contributed by atoms with E-state index in [1.165, 1.54) is 12.8 Å². The second-order valence-corrected chi connectivity index (χ2v) is 5.68. The van der Waals surface area contributed by atoms with Gasteiger partial charge in [-0.25, -0.2) is 0 Å². The van der Waals surface area contributed by atoms with E-state index in [0.717, 1.165) is 58.0 Å². The van der Waals surface area contributed by atoms with Crippen molar-refractivity contribution < 1.29 is 4.74 Å². The van der Waals surface area contributed by atoms with Gasteiger partial charge in [0.05, 0.1) is 18.3 Å². The Morgan fingerprint density at radius 2 is 2.38 bits per heavy atom. The summed E-state index contributed by atoms with van der Waals surface area (Å²) in [6, 6.07) is 0. The van der Waals surface area contributed by atoms with Gasteiger partial charge in [-0.15, -0.1) is 5.10 Å². The third-order valence-corrected chi connectivity index (χ3v) is 3.90. The van der Waals surface area contributed by atoms with Crippen LogP contribution in [0.5, 0.6) is 0 Å². The van der Waals surface area contributed by atoms with Crippen molar-refractivity contribution in [3.8, 4) is 0 Å². The van der Waals surface area contributed by atoms with Crippen molar-refractivity contribution in [2.24, 2.45) is 0 Å². The van der Waals surface area contributed by atoms with Gasteiger partial charge in [-0.2, -0.15) is 0 Å². The predicted molar refractivity (Wildman–Crippen MR) is 83.1 cm³/mol. The molecular weight excluding hydrogens is 266 g/mol. The third kappa shape index (κ3) is 5.73. The minimum absolute atomic E-state index is 0.425. The highest BCUT2D eigenvalue weighted by atomic mass is 16.5. The maximum atomic E-state index is 5.71. The first-order valence-corrected chi connectivity index (χ1v) is 8.25. The Balaban J connectivity index is 1.70. The first kappa shape index (κ1) is 16.4. The topological polar surface area (TPSA) is 55.2 Å². The van der Waals surface area contributed by atoms with E-state index in [2.05, 4.69) is 34.4 Å². The van der Waals surface area contributed by atoms with Gasteiger partial charge in [0, 0.05) is 32.4 Å². The van der Waals surface area contributed by atoms with Crippen molar-refractivity contribution in [3.63, 3.8) is 0 Å². The molecule has 1 aromatic heterocycles. The zero-order valence-corrected chi connectivity index (χ0v) is 13.4. The van der Waals surface area contributed by atoms with E-state index in [-0.39, 0.29) is 0 Å². The summed E-state index contributed by atoms with van der Waals surface area (Å²) >= 11 is 0. The minimum Gasteiger partial charge on any atom is -0.377 e. The average molecular weight is 295 g/mol. The summed E-state index contributed by atoms with van der Waals surface area (Å²) in [6.07, 6.45) is 6.02. The van der Waals surface area contributed by atoms with Crippen LogP contribution in [0.15, 0.2) is 6.20 Å². The lowest BCUT2D eigenvalue weighted by atomic mass is 10.2. The van der Waals surface area contributed by atoms with Crippen LogP contribution in [0.1, 0.15) is 38.8 Å². The van der Waals surface area contributed by atoms with E-state index < -0.39 is 0 Å². The molecule has 0 radical (unpaired) electrons. The molecular formula is C15H29N5O. The molecule has 0 amide bonds. The standard InChI is InChI=1S/C15H29N5O/c1-3-7-16-11-14-12-20(18-17-14)9-8-19(4-2)13-15-6-5-10-21-15/h12,15-16H,3-11,13H2,1-2H3. The zero-order valence-electron chi connectivity index (χ0n) is 13.4. The highest BCUT2D eigenvalue weighted by molar-refractivity contribution is 4.91. The van der Waals surface area contributed by atoms with Crippen LogP contribution in [0.2, 0.25) is 0 Å². The Bertz CT molecular complexity index is 389. The molecule has 0 bridgehead atoms.